The average Bonchev–Trinajstić information content (AvgIpc) is 2.38. The number of carboxylic acid groups (broad SMARTS) is 1. The lowest BCUT2D eigenvalue weighted by atomic mass is 10.0. The number of ether oxygens (including phenoxy) is 1. The molecule has 1 aromatic rings. The number of sulfone groups is 1. The number of fused-ring (bicyclic) bond motifs is 1. The van der Waals surface area contributed by atoms with E-state index < -0.39 is 15.8 Å². The van der Waals surface area contributed by atoms with E-state index in [1.807, 2.05) is 0 Å². The predicted octanol–water partition coefficient (Wildman–Crippen LogP) is 1.09. The number of nitrogens with two attached hydrogens (primary N) is 1. The van der Waals surface area contributed by atoms with Gasteiger partial charge in [0.05, 0.1) is 22.9 Å². The van der Waals surface area contributed by atoms with Crippen molar-refractivity contribution in [1.82, 2.24) is 0 Å². The van der Waals surface area contributed by atoms with Gasteiger partial charge in [-0.1, -0.05) is 6.92 Å². The van der Waals surface area contributed by atoms with Gasteiger partial charge in [0.2, 0.25) is 0 Å². The van der Waals surface area contributed by atoms with Crippen molar-refractivity contribution in [2.24, 2.45) is 0 Å². The highest BCUT2D eigenvalue weighted by Crippen LogP contribution is 2.38. The second-order valence-electron chi connectivity index (χ2n) is 4.30. The van der Waals surface area contributed by atoms with E-state index in [2.05, 4.69) is 0 Å². The van der Waals surface area contributed by atoms with E-state index in [0.29, 0.717) is 25.0 Å². The Morgan fingerprint density at radius 2 is 2.21 bits per heavy atom. The Hall–Kier alpha value is -1.76. The summed E-state index contributed by atoms with van der Waals surface area (Å²) in [5.74, 6) is -1.15. The summed E-state index contributed by atoms with van der Waals surface area (Å²) in [7, 11) is -3.56. The van der Waals surface area contributed by atoms with E-state index in [4.69, 9.17) is 10.5 Å². The normalized spacial score (nSPS) is 14.6. The lowest BCUT2D eigenvalue weighted by Gasteiger charge is -2.22. The second-order valence-corrected chi connectivity index (χ2v) is 6.55. The van der Waals surface area contributed by atoms with Crippen molar-refractivity contribution in [1.29, 1.82) is 0 Å². The van der Waals surface area contributed by atoms with Gasteiger partial charge in [-0.3, -0.25) is 0 Å². The SMILES string of the molecule is CCS(=O)(=O)c1cc(C(=O)O)c2c(c1N)CCCO2. The van der Waals surface area contributed by atoms with Crippen molar-refractivity contribution < 1.29 is 23.1 Å². The molecule has 0 fully saturated rings. The summed E-state index contributed by atoms with van der Waals surface area (Å²) >= 11 is 0. The average molecular weight is 285 g/mol. The molecule has 0 unspecified atom stereocenters. The van der Waals surface area contributed by atoms with Gasteiger partial charge in [0.15, 0.2) is 9.84 Å². The zero-order valence-corrected chi connectivity index (χ0v) is 11.3. The van der Waals surface area contributed by atoms with Crippen LogP contribution in [0.3, 0.4) is 0 Å². The highest BCUT2D eigenvalue weighted by atomic mass is 32.2. The fraction of sp³-hybridized carbons (Fsp3) is 0.417. The van der Waals surface area contributed by atoms with Crippen LogP contribution >= 0.6 is 0 Å². The van der Waals surface area contributed by atoms with Crippen molar-refractivity contribution in [2.75, 3.05) is 18.1 Å². The summed E-state index contributed by atoms with van der Waals surface area (Å²) in [4.78, 5) is 11.1. The molecular weight excluding hydrogens is 270 g/mol. The van der Waals surface area contributed by atoms with Gasteiger partial charge in [-0.15, -0.1) is 0 Å². The first-order chi connectivity index (χ1) is 8.88. The minimum absolute atomic E-state index is 0.113. The van der Waals surface area contributed by atoms with Gasteiger partial charge in [-0.05, 0) is 18.9 Å². The van der Waals surface area contributed by atoms with E-state index in [1.54, 1.807) is 0 Å². The van der Waals surface area contributed by atoms with Crippen molar-refractivity contribution in [3.8, 4) is 5.75 Å². The molecule has 0 radical (unpaired) electrons. The zero-order valence-electron chi connectivity index (χ0n) is 10.5. The summed E-state index contributed by atoms with van der Waals surface area (Å²) in [6.45, 7) is 1.90. The van der Waals surface area contributed by atoms with Gasteiger partial charge in [-0.25, -0.2) is 13.2 Å². The predicted molar refractivity (Wildman–Crippen MR) is 69.4 cm³/mol. The summed E-state index contributed by atoms with van der Waals surface area (Å²) in [5.41, 5.74) is 6.34. The highest BCUT2D eigenvalue weighted by Gasteiger charge is 2.28. The largest absolute Gasteiger partial charge is 0.492 e. The number of carboxylic acids is 1. The number of nitrogen functional groups attached to an aromatic ring is 1. The molecule has 6 nitrogen and oxygen atoms in total. The monoisotopic (exact) mass is 285 g/mol. The molecule has 19 heavy (non-hydrogen) atoms. The smallest absolute Gasteiger partial charge is 0.339 e. The molecule has 0 bridgehead atoms. The third-order valence-corrected chi connectivity index (χ3v) is 4.92. The van der Waals surface area contributed by atoms with Crippen molar-refractivity contribution in [3.05, 3.63) is 17.2 Å². The van der Waals surface area contributed by atoms with E-state index in [-0.39, 0.29) is 27.6 Å². The fourth-order valence-electron chi connectivity index (χ4n) is 2.12. The Balaban J connectivity index is 2.78. The maximum atomic E-state index is 12.0. The van der Waals surface area contributed by atoms with Gasteiger partial charge in [-0.2, -0.15) is 0 Å². The number of hydrogen-bond acceptors (Lipinski definition) is 5. The van der Waals surface area contributed by atoms with Crippen LogP contribution in [-0.2, 0) is 16.3 Å². The molecule has 3 N–H and O–H groups in total. The molecule has 0 saturated carbocycles. The minimum atomic E-state index is -3.56. The van der Waals surface area contributed by atoms with E-state index in [0.717, 1.165) is 6.07 Å². The number of anilines is 1. The van der Waals surface area contributed by atoms with Crippen molar-refractivity contribution >= 4 is 21.5 Å². The van der Waals surface area contributed by atoms with Crippen LogP contribution in [0, 0.1) is 0 Å². The summed E-state index contributed by atoms with van der Waals surface area (Å²) < 4.78 is 29.3. The number of aromatic carboxylic acids is 1. The first kappa shape index (κ1) is 13.7. The molecule has 104 valence electrons. The number of carbonyl (C=O) groups is 1. The molecule has 0 saturated heterocycles. The van der Waals surface area contributed by atoms with Crippen LogP contribution in [0.1, 0.15) is 29.3 Å². The third kappa shape index (κ3) is 2.25. The molecule has 0 aromatic heterocycles. The highest BCUT2D eigenvalue weighted by molar-refractivity contribution is 7.91. The summed E-state index contributed by atoms with van der Waals surface area (Å²) in [6.07, 6.45) is 1.21. The molecule has 1 aliphatic rings. The van der Waals surface area contributed by atoms with Gasteiger partial charge in [0.1, 0.15) is 11.3 Å². The lowest BCUT2D eigenvalue weighted by Crippen LogP contribution is -2.18. The Labute approximate surface area is 111 Å². The Morgan fingerprint density at radius 1 is 1.53 bits per heavy atom. The number of rotatable bonds is 3. The summed E-state index contributed by atoms with van der Waals surface area (Å²) in [5, 5.41) is 9.18. The molecular formula is C12H15NO5S. The van der Waals surface area contributed by atoms with Gasteiger partial charge in [0, 0.05) is 5.56 Å². The third-order valence-electron chi connectivity index (χ3n) is 3.15. The first-order valence-electron chi connectivity index (χ1n) is 5.92. The molecule has 2 rings (SSSR count). The lowest BCUT2D eigenvalue weighted by molar-refractivity contribution is 0.0691. The van der Waals surface area contributed by atoms with Crippen LogP contribution in [0.4, 0.5) is 5.69 Å². The quantitative estimate of drug-likeness (QED) is 0.805. The van der Waals surface area contributed by atoms with Crippen LogP contribution in [0.2, 0.25) is 0 Å². The van der Waals surface area contributed by atoms with Gasteiger partial charge in [0.25, 0.3) is 0 Å². The molecule has 7 heteroatoms. The number of benzene rings is 1. The molecule has 1 heterocycles. The van der Waals surface area contributed by atoms with Crippen LogP contribution in [0.25, 0.3) is 0 Å². The molecule has 0 amide bonds. The Kier molecular flexibility index (Phi) is 3.40. The molecule has 0 spiro atoms. The Morgan fingerprint density at radius 3 is 2.79 bits per heavy atom. The summed E-state index contributed by atoms with van der Waals surface area (Å²) in [6, 6.07) is 1.10. The first-order valence-corrected chi connectivity index (χ1v) is 7.58. The van der Waals surface area contributed by atoms with Crippen molar-refractivity contribution in [3.63, 3.8) is 0 Å². The van der Waals surface area contributed by atoms with E-state index in [1.165, 1.54) is 6.92 Å². The molecule has 1 aliphatic heterocycles. The fourth-order valence-corrected chi connectivity index (χ4v) is 3.18. The van der Waals surface area contributed by atoms with E-state index >= 15 is 0 Å². The maximum Gasteiger partial charge on any atom is 0.339 e. The zero-order chi connectivity index (χ0) is 14.2. The topological polar surface area (TPSA) is 107 Å². The van der Waals surface area contributed by atoms with Gasteiger partial charge >= 0.3 is 5.97 Å². The molecule has 0 atom stereocenters. The van der Waals surface area contributed by atoms with Crippen molar-refractivity contribution in [2.45, 2.75) is 24.7 Å². The maximum absolute atomic E-state index is 12.0. The van der Waals surface area contributed by atoms with Crippen LogP contribution in [0.15, 0.2) is 11.0 Å². The Bertz CT molecular complexity index is 636. The van der Waals surface area contributed by atoms with Crippen LogP contribution in [-0.4, -0.2) is 31.9 Å². The minimum Gasteiger partial charge on any atom is -0.492 e. The van der Waals surface area contributed by atoms with E-state index in [9.17, 15) is 18.3 Å². The van der Waals surface area contributed by atoms with Crippen LogP contribution in [0.5, 0.6) is 5.75 Å². The molecule has 1 aromatic carbocycles. The second kappa shape index (κ2) is 4.73. The molecule has 0 aliphatic carbocycles. The number of hydrogen-bond donors (Lipinski definition) is 2. The standard InChI is InChI=1S/C12H15NO5S/c1-2-19(16,17)9-6-8(12(14)15)11-7(10(9)13)4-3-5-18-11/h6H,2-5,13H2,1H3,(H,14,15). The van der Waals surface area contributed by atoms with Gasteiger partial charge < -0.3 is 15.6 Å². The van der Waals surface area contributed by atoms with Crippen LogP contribution < -0.4 is 10.5 Å².